The van der Waals surface area contributed by atoms with Crippen molar-refractivity contribution in [1.82, 2.24) is 16.0 Å². The van der Waals surface area contributed by atoms with Gasteiger partial charge in [-0.3, -0.25) is 9.59 Å². The van der Waals surface area contributed by atoms with Crippen molar-refractivity contribution in [1.29, 1.82) is 0 Å². The first-order valence-electron chi connectivity index (χ1n) is 8.41. The van der Waals surface area contributed by atoms with E-state index in [1.54, 1.807) is 0 Å². The monoisotopic (exact) mass is 353 g/mol. The lowest BCUT2D eigenvalue weighted by molar-refractivity contribution is -0.130. The first kappa shape index (κ1) is 20.5. The van der Waals surface area contributed by atoms with E-state index in [-0.39, 0.29) is 36.2 Å². The van der Waals surface area contributed by atoms with Crippen LogP contribution in [-0.2, 0) is 9.59 Å². The standard InChI is InChI=1S/C18H27N3O2.ClH/c1-13(2)12-16(22)21-17(14-6-4-3-5-7-14)18(23)20-15-8-10-19-11-9-15;/h3-7,13,15,17,19H,8-12H2,1-2H3,(H,20,23)(H,21,22);1H. The lowest BCUT2D eigenvalue weighted by atomic mass is 10.0. The van der Waals surface area contributed by atoms with Gasteiger partial charge in [0, 0.05) is 12.5 Å². The Kier molecular flexibility index (Phi) is 8.79. The molecule has 24 heavy (non-hydrogen) atoms. The van der Waals surface area contributed by atoms with E-state index in [2.05, 4.69) is 16.0 Å². The van der Waals surface area contributed by atoms with Crippen molar-refractivity contribution in [3.8, 4) is 0 Å². The molecule has 1 aliphatic rings. The molecule has 1 unspecified atom stereocenters. The highest BCUT2D eigenvalue weighted by atomic mass is 35.5. The molecule has 1 fully saturated rings. The summed E-state index contributed by atoms with van der Waals surface area (Å²) in [5, 5.41) is 9.25. The molecule has 1 aromatic carbocycles. The quantitative estimate of drug-likeness (QED) is 0.734. The molecule has 0 radical (unpaired) electrons. The third kappa shape index (κ3) is 6.49. The van der Waals surface area contributed by atoms with E-state index in [4.69, 9.17) is 0 Å². The smallest absolute Gasteiger partial charge is 0.247 e. The molecule has 2 rings (SSSR count). The van der Waals surface area contributed by atoms with Crippen molar-refractivity contribution < 1.29 is 9.59 Å². The summed E-state index contributed by atoms with van der Waals surface area (Å²) in [6.07, 6.45) is 2.27. The van der Waals surface area contributed by atoms with Crippen LogP contribution >= 0.6 is 12.4 Å². The summed E-state index contributed by atoms with van der Waals surface area (Å²) in [6.45, 7) is 5.82. The fourth-order valence-corrected chi connectivity index (χ4v) is 2.79. The van der Waals surface area contributed by atoms with Gasteiger partial charge >= 0.3 is 0 Å². The van der Waals surface area contributed by atoms with E-state index < -0.39 is 6.04 Å². The summed E-state index contributed by atoms with van der Waals surface area (Å²) < 4.78 is 0. The van der Waals surface area contributed by atoms with E-state index in [0.29, 0.717) is 6.42 Å². The van der Waals surface area contributed by atoms with Crippen LogP contribution in [0.2, 0.25) is 0 Å². The Balaban J connectivity index is 0.00000288. The largest absolute Gasteiger partial charge is 0.351 e. The van der Waals surface area contributed by atoms with Crippen molar-refractivity contribution in [3.63, 3.8) is 0 Å². The van der Waals surface area contributed by atoms with Gasteiger partial charge in [0.1, 0.15) is 6.04 Å². The minimum absolute atomic E-state index is 0. The van der Waals surface area contributed by atoms with Gasteiger partial charge in [0.25, 0.3) is 0 Å². The number of halogens is 1. The topological polar surface area (TPSA) is 70.2 Å². The Bertz CT molecular complexity index is 516. The molecule has 0 saturated carbocycles. The van der Waals surface area contributed by atoms with Crippen LogP contribution in [0.4, 0.5) is 0 Å². The number of benzene rings is 1. The molecule has 0 aromatic heterocycles. The van der Waals surface area contributed by atoms with Gasteiger partial charge in [-0.05, 0) is 37.4 Å². The predicted molar refractivity (Wildman–Crippen MR) is 98.1 cm³/mol. The molecule has 0 spiro atoms. The Morgan fingerprint density at radius 3 is 2.38 bits per heavy atom. The Hall–Kier alpha value is -1.59. The van der Waals surface area contributed by atoms with Crippen LogP contribution in [0.15, 0.2) is 30.3 Å². The number of carbonyl (C=O) groups excluding carboxylic acids is 2. The average Bonchev–Trinajstić information content (AvgIpc) is 2.53. The van der Waals surface area contributed by atoms with Gasteiger partial charge in [0.05, 0.1) is 0 Å². The Morgan fingerprint density at radius 2 is 1.79 bits per heavy atom. The second-order valence-electron chi connectivity index (χ2n) is 6.54. The fourth-order valence-electron chi connectivity index (χ4n) is 2.79. The number of amides is 2. The van der Waals surface area contributed by atoms with Crippen molar-refractivity contribution in [2.75, 3.05) is 13.1 Å². The van der Waals surface area contributed by atoms with Gasteiger partial charge in [-0.1, -0.05) is 44.2 Å². The fraction of sp³-hybridized carbons (Fsp3) is 0.556. The van der Waals surface area contributed by atoms with Crippen molar-refractivity contribution in [3.05, 3.63) is 35.9 Å². The summed E-state index contributed by atoms with van der Waals surface area (Å²) in [6, 6.07) is 8.98. The summed E-state index contributed by atoms with van der Waals surface area (Å²) in [5.41, 5.74) is 0.816. The van der Waals surface area contributed by atoms with Crippen LogP contribution in [0.3, 0.4) is 0 Å². The van der Waals surface area contributed by atoms with Crippen molar-refractivity contribution in [2.45, 2.75) is 45.2 Å². The average molecular weight is 354 g/mol. The predicted octanol–water partition coefficient (Wildman–Crippen LogP) is 2.18. The SMILES string of the molecule is CC(C)CC(=O)NC(C(=O)NC1CCNCC1)c1ccccc1.Cl. The molecule has 0 bridgehead atoms. The summed E-state index contributed by atoms with van der Waals surface area (Å²) in [5.74, 6) is 0.0495. The number of hydrogen-bond donors (Lipinski definition) is 3. The van der Waals surface area contributed by atoms with Gasteiger partial charge < -0.3 is 16.0 Å². The molecule has 1 heterocycles. The van der Waals surface area contributed by atoms with Crippen LogP contribution in [0.5, 0.6) is 0 Å². The van der Waals surface area contributed by atoms with E-state index in [0.717, 1.165) is 31.5 Å². The van der Waals surface area contributed by atoms with Crippen LogP contribution in [0.25, 0.3) is 0 Å². The molecule has 2 amide bonds. The molecule has 0 aliphatic carbocycles. The van der Waals surface area contributed by atoms with Crippen LogP contribution in [0.1, 0.15) is 44.7 Å². The van der Waals surface area contributed by atoms with Crippen LogP contribution in [-0.4, -0.2) is 30.9 Å². The number of piperidine rings is 1. The number of carbonyl (C=O) groups is 2. The Morgan fingerprint density at radius 1 is 1.17 bits per heavy atom. The second-order valence-corrected chi connectivity index (χ2v) is 6.54. The van der Waals surface area contributed by atoms with Crippen molar-refractivity contribution in [2.24, 2.45) is 5.92 Å². The van der Waals surface area contributed by atoms with Gasteiger partial charge in [-0.25, -0.2) is 0 Å². The molecule has 134 valence electrons. The molecule has 6 heteroatoms. The summed E-state index contributed by atoms with van der Waals surface area (Å²) in [4.78, 5) is 24.8. The van der Waals surface area contributed by atoms with Crippen LogP contribution in [0, 0.1) is 5.92 Å². The molecule has 1 aliphatic heterocycles. The summed E-state index contributed by atoms with van der Waals surface area (Å²) >= 11 is 0. The highest BCUT2D eigenvalue weighted by Gasteiger charge is 2.25. The normalized spacial score (nSPS) is 16.1. The van der Waals surface area contributed by atoms with Gasteiger partial charge in [-0.15, -0.1) is 12.4 Å². The van der Waals surface area contributed by atoms with Gasteiger partial charge in [0.15, 0.2) is 0 Å². The molecule has 5 nitrogen and oxygen atoms in total. The van der Waals surface area contributed by atoms with Crippen LogP contribution < -0.4 is 16.0 Å². The highest BCUT2D eigenvalue weighted by molar-refractivity contribution is 5.88. The number of rotatable bonds is 6. The second kappa shape index (κ2) is 10.3. The third-order valence-electron chi connectivity index (χ3n) is 3.98. The maximum Gasteiger partial charge on any atom is 0.247 e. The summed E-state index contributed by atoms with van der Waals surface area (Å²) in [7, 11) is 0. The maximum atomic E-state index is 12.7. The van der Waals surface area contributed by atoms with Gasteiger partial charge in [-0.2, -0.15) is 0 Å². The van der Waals surface area contributed by atoms with Gasteiger partial charge in [0.2, 0.25) is 11.8 Å². The Labute approximate surface area is 150 Å². The lowest BCUT2D eigenvalue weighted by Gasteiger charge is -2.27. The third-order valence-corrected chi connectivity index (χ3v) is 3.98. The zero-order valence-corrected chi connectivity index (χ0v) is 15.2. The zero-order valence-electron chi connectivity index (χ0n) is 14.4. The van der Waals surface area contributed by atoms with E-state index in [9.17, 15) is 9.59 Å². The molecule has 1 aromatic rings. The number of nitrogens with one attached hydrogen (secondary N) is 3. The minimum Gasteiger partial charge on any atom is -0.351 e. The molecule has 1 atom stereocenters. The van der Waals surface area contributed by atoms with E-state index in [1.165, 1.54) is 0 Å². The molecule has 3 N–H and O–H groups in total. The highest BCUT2D eigenvalue weighted by Crippen LogP contribution is 2.15. The molecular weight excluding hydrogens is 326 g/mol. The van der Waals surface area contributed by atoms with E-state index >= 15 is 0 Å². The number of hydrogen-bond acceptors (Lipinski definition) is 3. The van der Waals surface area contributed by atoms with Crippen molar-refractivity contribution >= 4 is 24.2 Å². The minimum atomic E-state index is -0.627. The lowest BCUT2D eigenvalue weighted by Crippen LogP contribution is -2.47. The van der Waals surface area contributed by atoms with E-state index in [1.807, 2.05) is 44.2 Å². The first-order chi connectivity index (χ1) is 11.1. The molecular formula is C18H28ClN3O2. The first-order valence-corrected chi connectivity index (χ1v) is 8.41. The zero-order chi connectivity index (χ0) is 16.7. The molecule has 1 saturated heterocycles. The maximum absolute atomic E-state index is 12.7.